The highest BCUT2D eigenvalue weighted by Crippen LogP contribution is 2.30. The molecule has 112 valence electrons. The van der Waals surface area contributed by atoms with Crippen LogP contribution in [0.15, 0.2) is 15.8 Å². The van der Waals surface area contributed by atoms with Crippen LogP contribution in [-0.2, 0) is 9.47 Å². The number of nitrogens with zero attached hydrogens (tertiary/aromatic N) is 1. The van der Waals surface area contributed by atoms with Gasteiger partial charge < -0.3 is 14.6 Å². The highest BCUT2D eigenvalue weighted by atomic mass is 16.7. The molecule has 1 aromatic rings. The van der Waals surface area contributed by atoms with Gasteiger partial charge in [-0.15, -0.1) is 0 Å². The Morgan fingerprint density at radius 3 is 2.70 bits per heavy atom. The fourth-order valence-corrected chi connectivity index (χ4v) is 2.05. The third-order valence-corrected chi connectivity index (χ3v) is 2.97. The monoisotopic (exact) mass is 284 g/mol. The van der Waals surface area contributed by atoms with Gasteiger partial charge in [-0.05, 0) is 27.7 Å². The van der Waals surface area contributed by atoms with Crippen LogP contribution >= 0.6 is 0 Å². The molecule has 0 aliphatic carbocycles. The first-order valence-corrected chi connectivity index (χ1v) is 6.51. The molecule has 1 saturated heterocycles. The molecule has 7 heteroatoms. The van der Waals surface area contributed by atoms with Crippen molar-refractivity contribution in [3.05, 3.63) is 32.6 Å². The van der Waals surface area contributed by atoms with E-state index in [0.717, 1.165) is 0 Å². The van der Waals surface area contributed by atoms with E-state index in [-0.39, 0.29) is 6.42 Å². The van der Waals surface area contributed by atoms with E-state index in [0.29, 0.717) is 5.56 Å². The molecule has 7 nitrogen and oxygen atoms in total. The third-order valence-electron chi connectivity index (χ3n) is 2.97. The Bertz CT molecular complexity index is 598. The summed E-state index contributed by atoms with van der Waals surface area (Å²) in [5, 5.41) is 9.96. The topological polar surface area (TPSA) is 93.6 Å². The van der Waals surface area contributed by atoms with Gasteiger partial charge in [0, 0.05) is 18.2 Å². The normalized spacial score (nSPS) is 26.9. The summed E-state index contributed by atoms with van der Waals surface area (Å²) in [6, 6.07) is 0. The lowest BCUT2D eigenvalue weighted by molar-refractivity contribution is -0.220. The molecule has 3 atom stereocenters. The third kappa shape index (κ3) is 3.17. The first kappa shape index (κ1) is 15.0. The molecule has 1 aliphatic heterocycles. The molecule has 2 rings (SSSR count). The van der Waals surface area contributed by atoms with E-state index in [1.165, 1.54) is 10.8 Å². The van der Waals surface area contributed by atoms with Gasteiger partial charge in [0.25, 0.3) is 5.56 Å². The van der Waals surface area contributed by atoms with Gasteiger partial charge in [0.05, 0.1) is 5.60 Å². The molecule has 0 bridgehead atoms. The molecule has 2 heterocycles. The quantitative estimate of drug-likeness (QED) is 0.813. The fourth-order valence-electron chi connectivity index (χ4n) is 2.05. The maximum Gasteiger partial charge on any atom is 0.330 e. The number of aryl methyl sites for hydroxylation is 1. The van der Waals surface area contributed by atoms with Crippen LogP contribution in [-0.4, -0.2) is 32.7 Å². The molecule has 2 N–H and O–H groups in total. The molecule has 0 aromatic carbocycles. The standard InChI is InChI=1S/C13H20N2O5/c1-7-6-15(12(18)14-10(7)17)9-5-8(16)11(19-9)20-13(2,3)4/h6,8-9,11,16H,5H2,1-4H3,(H,14,17,18)/t8-,9-,11+/m1/s1. The van der Waals surface area contributed by atoms with Crippen LogP contribution in [0.25, 0.3) is 0 Å². The van der Waals surface area contributed by atoms with Gasteiger partial charge in [0.15, 0.2) is 6.29 Å². The molecular formula is C13H20N2O5. The number of hydrogen-bond acceptors (Lipinski definition) is 5. The first-order chi connectivity index (χ1) is 9.17. The van der Waals surface area contributed by atoms with Crippen LogP contribution in [0.3, 0.4) is 0 Å². The van der Waals surface area contributed by atoms with Crippen molar-refractivity contribution < 1.29 is 14.6 Å². The van der Waals surface area contributed by atoms with Crippen LogP contribution in [0, 0.1) is 6.92 Å². The van der Waals surface area contributed by atoms with E-state index in [9.17, 15) is 14.7 Å². The molecule has 0 unspecified atom stereocenters. The summed E-state index contributed by atoms with van der Waals surface area (Å²) < 4.78 is 12.4. The molecule has 0 radical (unpaired) electrons. The fraction of sp³-hybridized carbons (Fsp3) is 0.692. The summed E-state index contributed by atoms with van der Waals surface area (Å²) in [5.41, 5.74) is -1.05. The summed E-state index contributed by atoms with van der Waals surface area (Å²) in [6.45, 7) is 7.16. The number of rotatable bonds is 2. The summed E-state index contributed by atoms with van der Waals surface area (Å²) in [6.07, 6.45) is -0.609. The number of hydrogen-bond donors (Lipinski definition) is 2. The van der Waals surface area contributed by atoms with E-state index in [4.69, 9.17) is 9.47 Å². The van der Waals surface area contributed by atoms with E-state index in [1.54, 1.807) is 6.92 Å². The lowest BCUT2D eigenvalue weighted by Gasteiger charge is -2.26. The zero-order chi connectivity index (χ0) is 15.1. The minimum atomic E-state index is -0.821. The maximum atomic E-state index is 11.8. The van der Waals surface area contributed by atoms with Crippen molar-refractivity contribution in [2.75, 3.05) is 0 Å². The van der Waals surface area contributed by atoms with Crippen molar-refractivity contribution in [1.82, 2.24) is 9.55 Å². The molecule has 0 amide bonds. The van der Waals surface area contributed by atoms with Crippen molar-refractivity contribution >= 4 is 0 Å². The van der Waals surface area contributed by atoms with Crippen molar-refractivity contribution in [2.24, 2.45) is 0 Å². The molecule has 1 fully saturated rings. The van der Waals surface area contributed by atoms with Crippen LogP contribution < -0.4 is 11.2 Å². The van der Waals surface area contributed by atoms with Crippen molar-refractivity contribution in [1.29, 1.82) is 0 Å². The van der Waals surface area contributed by atoms with E-state index < -0.39 is 35.5 Å². The average molecular weight is 284 g/mol. The Balaban J connectivity index is 2.22. The molecule has 0 saturated carbocycles. The van der Waals surface area contributed by atoms with Crippen LogP contribution in [0.2, 0.25) is 0 Å². The molecule has 0 spiro atoms. The first-order valence-electron chi connectivity index (χ1n) is 6.51. The Hall–Kier alpha value is -1.44. The lowest BCUT2D eigenvalue weighted by Crippen LogP contribution is -2.35. The Labute approximate surface area is 116 Å². The second kappa shape index (κ2) is 5.16. The van der Waals surface area contributed by atoms with E-state index >= 15 is 0 Å². The number of H-pyrrole nitrogens is 1. The Kier molecular flexibility index (Phi) is 3.86. The van der Waals surface area contributed by atoms with Gasteiger partial charge in [-0.25, -0.2) is 4.79 Å². The zero-order valence-corrected chi connectivity index (χ0v) is 12.0. The minimum absolute atomic E-state index is 0.228. The molecule has 20 heavy (non-hydrogen) atoms. The van der Waals surface area contributed by atoms with Gasteiger partial charge in [-0.3, -0.25) is 14.3 Å². The van der Waals surface area contributed by atoms with Gasteiger partial charge in [0.1, 0.15) is 12.3 Å². The van der Waals surface area contributed by atoms with E-state index in [2.05, 4.69) is 4.98 Å². The number of aliphatic hydroxyl groups excluding tert-OH is 1. The second-order valence-electron chi connectivity index (χ2n) is 5.97. The van der Waals surface area contributed by atoms with Gasteiger partial charge in [-0.2, -0.15) is 0 Å². The number of ether oxygens (including phenoxy) is 2. The number of aromatic nitrogens is 2. The molecule has 1 aliphatic rings. The second-order valence-corrected chi connectivity index (χ2v) is 5.97. The van der Waals surface area contributed by atoms with Crippen LogP contribution in [0.5, 0.6) is 0 Å². The molecule has 1 aromatic heterocycles. The van der Waals surface area contributed by atoms with Crippen molar-refractivity contribution in [3.63, 3.8) is 0 Å². The van der Waals surface area contributed by atoms with Gasteiger partial charge in [0.2, 0.25) is 0 Å². The summed E-state index contributed by atoms with van der Waals surface area (Å²) in [4.78, 5) is 25.3. The van der Waals surface area contributed by atoms with Gasteiger partial charge in [-0.1, -0.05) is 0 Å². The number of aromatic amines is 1. The van der Waals surface area contributed by atoms with E-state index in [1.807, 2.05) is 20.8 Å². The number of aliphatic hydroxyl groups is 1. The summed E-state index contributed by atoms with van der Waals surface area (Å²) in [5.74, 6) is 0. The average Bonchev–Trinajstić information content (AvgIpc) is 2.63. The van der Waals surface area contributed by atoms with Crippen LogP contribution in [0.1, 0.15) is 39.0 Å². The molecular weight excluding hydrogens is 264 g/mol. The largest absolute Gasteiger partial charge is 0.388 e. The Morgan fingerprint density at radius 1 is 1.45 bits per heavy atom. The smallest absolute Gasteiger partial charge is 0.330 e. The summed E-state index contributed by atoms with van der Waals surface area (Å²) >= 11 is 0. The summed E-state index contributed by atoms with van der Waals surface area (Å²) in [7, 11) is 0. The highest BCUT2D eigenvalue weighted by molar-refractivity contribution is 5.01. The van der Waals surface area contributed by atoms with Crippen molar-refractivity contribution in [2.45, 2.75) is 58.3 Å². The predicted molar refractivity (Wildman–Crippen MR) is 71.4 cm³/mol. The Morgan fingerprint density at radius 2 is 2.10 bits per heavy atom. The maximum absolute atomic E-state index is 11.8. The minimum Gasteiger partial charge on any atom is -0.388 e. The van der Waals surface area contributed by atoms with Crippen LogP contribution in [0.4, 0.5) is 0 Å². The van der Waals surface area contributed by atoms with Gasteiger partial charge >= 0.3 is 5.69 Å². The predicted octanol–water partition coefficient (Wildman–Crippen LogP) is 0.266. The van der Waals surface area contributed by atoms with Crippen molar-refractivity contribution in [3.8, 4) is 0 Å². The highest BCUT2D eigenvalue weighted by Gasteiger charge is 2.38. The lowest BCUT2D eigenvalue weighted by atomic mass is 10.2. The zero-order valence-electron chi connectivity index (χ0n) is 12.0. The number of nitrogens with one attached hydrogen (secondary N) is 1. The SMILES string of the molecule is Cc1cn([C@H]2C[C@@H](O)[C@H](OC(C)(C)C)O2)c(=O)[nH]c1=O.